The number of fused-ring (bicyclic) bond motifs is 1. The molecule has 32 heavy (non-hydrogen) atoms. The Morgan fingerprint density at radius 2 is 2.03 bits per heavy atom. The normalized spacial score (nSPS) is 11.2. The van der Waals surface area contributed by atoms with E-state index in [2.05, 4.69) is 16.5 Å². The smallest absolute Gasteiger partial charge is 0.329 e. The van der Waals surface area contributed by atoms with E-state index in [9.17, 15) is 19.2 Å². The first kappa shape index (κ1) is 23.6. The van der Waals surface area contributed by atoms with Crippen LogP contribution in [0.1, 0.15) is 24.2 Å². The second-order valence-corrected chi connectivity index (χ2v) is 8.88. The molecule has 0 amide bonds. The molecule has 1 aromatic carbocycles. The minimum atomic E-state index is -0.847. The van der Waals surface area contributed by atoms with Crippen LogP contribution in [0.3, 0.4) is 0 Å². The van der Waals surface area contributed by atoms with E-state index in [-0.39, 0.29) is 46.9 Å². The molecule has 0 radical (unpaired) electrons. The molecule has 2 heterocycles. The standard InChI is InChI=1S/C21H22ClN5O4S/c1-4-7-26-19(30)13-6-5-12(22)8-14(13)24-21(26)32-10-15(28)16-17(23)27(9-11(2)3)20(31)25-18(16)29/h4-6,8,11H,1,7,9-10,23H2,2-3H3,(H,25,29,31). The molecule has 0 aliphatic carbocycles. The molecule has 0 aliphatic rings. The summed E-state index contributed by atoms with van der Waals surface area (Å²) >= 11 is 7.01. The van der Waals surface area contributed by atoms with E-state index in [4.69, 9.17) is 17.3 Å². The predicted octanol–water partition coefficient (Wildman–Crippen LogP) is 2.30. The first-order chi connectivity index (χ1) is 15.1. The molecule has 168 valence electrons. The molecule has 3 aromatic rings. The van der Waals surface area contributed by atoms with Gasteiger partial charge in [0, 0.05) is 18.1 Å². The number of hydrogen-bond acceptors (Lipinski definition) is 7. The number of carbonyl (C=O) groups is 1. The fourth-order valence-electron chi connectivity index (χ4n) is 3.18. The molecule has 0 spiro atoms. The van der Waals surface area contributed by atoms with Gasteiger partial charge in [0.15, 0.2) is 10.9 Å². The zero-order valence-corrected chi connectivity index (χ0v) is 19.1. The van der Waals surface area contributed by atoms with Crippen LogP contribution in [-0.2, 0) is 13.1 Å². The van der Waals surface area contributed by atoms with E-state index in [1.807, 2.05) is 13.8 Å². The van der Waals surface area contributed by atoms with Gasteiger partial charge in [-0.2, -0.15) is 0 Å². The van der Waals surface area contributed by atoms with Gasteiger partial charge in [-0.05, 0) is 24.1 Å². The third-order valence-corrected chi connectivity index (χ3v) is 5.80. The van der Waals surface area contributed by atoms with Crippen molar-refractivity contribution in [1.82, 2.24) is 19.1 Å². The van der Waals surface area contributed by atoms with Gasteiger partial charge in [-0.25, -0.2) is 9.78 Å². The average molecular weight is 476 g/mol. The topological polar surface area (TPSA) is 133 Å². The Morgan fingerprint density at radius 3 is 2.69 bits per heavy atom. The second-order valence-electron chi connectivity index (χ2n) is 7.50. The third-order valence-electron chi connectivity index (χ3n) is 4.59. The van der Waals surface area contributed by atoms with Crippen LogP contribution in [0.15, 0.2) is 50.4 Å². The third kappa shape index (κ3) is 4.71. The zero-order chi connectivity index (χ0) is 23.6. The molecule has 0 saturated carbocycles. The van der Waals surface area contributed by atoms with Gasteiger partial charge in [0.1, 0.15) is 11.4 Å². The number of benzene rings is 1. The average Bonchev–Trinajstić information content (AvgIpc) is 2.71. The van der Waals surface area contributed by atoms with Crippen molar-refractivity contribution in [2.45, 2.75) is 32.1 Å². The van der Waals surface area contributed by atoms with Crippen LogP contribution in [0.2, 0.25) is 5.02 Å². The minimum absolute atomic E-state index is 0.0696. The number of aromatic amines is 1. The van der Waals surface area contributed by atoms with Crippen molar-refractivity contribution in [2.75, 3.05) is 11.5 Å². The minimum Gasteiger partial charge on any atom is -0.384 e. The van der Waals surface area contributed by atoms with Crippen molar-refractivity contribution < 1.29 is 4.79 Å². The number of aromatic nitrogens is 4. The number of hydrogen-bond donors (Lipinski definition) is 2. The molecule has 3 rings (SSSR count). The molecule has 2 aromatic heterocycles. The number of halogens is 1. The fraction of sp³-hybridized carbons (Fsp3) is 0.286. The number of nitrogens with two attached hydrogens (primary N) is 1. The molecular formula is C21H22ClN5O4S. The lowest BCUT2D eigenvalue weighted by molar-refractivity contribution is 0.102. The van der Waals surface area contributed by atoms with Gasteiger partial charge in [0.05, 0.1) is 16.7 Å². The number of nitrogens with zero attached hydrogens (tertiary/aromatic N) is 3. The van der Waals surface area contributed by atoms with Gasteiger partial charge in [-0.3, -0.25) is 28.5 Å². The van der Waals surface area contributed by atoms with E-state index in [1.54, 1.807) is 24.3 Å². The maximum absolute atomic E-state index is 12.9. The number of nitrogens with one attached hydrogen (secondary N) is 1. The Balaban J connectivity index is 2.00. The van der Waals surface area contributed by atoms with Gasteiger partial charge in [-0.1, -0.05) is 43.3 Å². The van der Waals surface area contributed by atoms with Crippen molar-refractivity contribution in [1.29, 1.82) is 0 Å². The van der Waals surface area contributed by atoms with Crippen LogP contribution in [0.25, 0.3) is 10.9 Å². The molecule has 0 bridgehead atoms. The van der Waals surface area contributed by atoms with Gasteiger partial charge in [0.2, 0.25) is 0 Å². The monoisotopic (exact) mass is 475 g/mol. The van der Waals surface area contributed by atoms with Crippen molar-refractivity contribution in [2.24, 2.45) is 5.92 Å². The highest BCUT2D eigenvalue weighted by molar-refractivity contribution is 7.99. The molecule has 0 saturated heterocycles. The summed E-state index contributed by atoms with van der Waals surface area (Å²) in [5.41, 5.74) is 4.29. The van der Waals surface area contributed by atoms with Crippen LogP contribution in [0.5, 0.6) is 0 Å². The molecule has 0 fully saturated rings. The number of ketones is 1. The Kier molecular flexibility index (Phi) is 7.05. The largest absolute Gasteiger partial charge is 0.384 e. The Hall–Kier alpha value is -3.11. The van der Waals surface area contributed by atoms with Gasteiger partial charge in [-0.15, -0.1) is 6.58 Å². The van der Waals surface area contributed by atoms with Crippen molar-refractivity contribution >= 4 is 45.9 Å². The van der Waals surface area contributed by atoms with Crippen molar-refractivity contribution in [3.63, 3.8) is 0 Å². The first-order valence-corrected chi connectivity index (χ1v) is 11.1. The number of carbonyl (C=O) groups excluding carboxylic acids is 1. The van der Waals surface area contributed by atoms with Gasteiger partial charge in [0.25, 0.3) is 11.1 Å². The molecule has 11 heteroatoms. The molecule has 3 N–H and O–H groups in total. The maximum Gasteiger partial charge on any atom is 0.329 e. The number of allylic oxidation sites excluding steroid dienone is 1. The summed E-state index contributed by atoms with van der Waals surface area (Å²) in [5.74, 6) is -0.917. The van der Waals surface area contributed by atoms with Crippen LogP contribution in [-0.4, -0.2) is 30.6 Å². The molecule has 0 atom stereocenters. The molecule has 0 unspecified atom stereocenters. The SMILES string of the molecule is C=CCn1c(SCC(=O)c2c(N)n(CC(C)C)c(=O)[nH]c2=O)nc2cc(Cl)ccc2c1=O. The summed E-state index contributed by atoms with van der Waals surface area (Å²) in [5, 5.41) is 1.07. The van der Waals surface area contributed by atoms with Gasteiger partial charge < -0.3 is 5.73 Å². The Morgan fingerprint density at radius 1 is 1.31 bits per heavy atom. The predicted molar refractivity (Wildman–Crippen MR) is 127 cm³/mol. The van der Waals surface area contributed by atoms with Crippen LogP contribution in [0, 0.1) is 5.92 Å². The van der Waals surface area contributed by atoms with Crippen molar-refractivity contribution in [3.05, 3.63) is 72.6 Å². The summed E-state index contributed by atoms with van der Waals surface area (Å²) < 4.78 is 2.56. The summed E-state index contributed by atoms with van der Waals surface area (Å²) in [6, 6.07) is 4.75. The highest BCUT2D eigenvalue weighted by Crippen LogP contribution is 2.22. The number of H-pyrrole nitrogens is 1. The van der Waals surface area contributed by atoms with E-state index < -0.39 is 17.0 Å². The van der Waals surface area contributed by atoms with Crippen LogP contribution in [0.4, 0.5) is 5.82 Å². The van der Waals surface area contributed by atoms with E-state index in [0.717, 1.165) is 11.8 Å². The lowest BCUT2D eigenvalue weighted by Crippen LogP contribution is -2.37. The lowest BCUT2D eigenvalue weighted by atomic mass is 10.2. The summed E-state index contributed by atoms with van der Waals surface area (Å²) in [6.45, 7) is 7.85. The molecular weight excluding hydrogens is 454 g/mol. The summed E-state index contributed by atoms with van der Waals surface area (Å²) in [4.78, 5) is 56.8. The molecule has 9 nitrogen and oxygen atoms in total. The highest BCUT2D eigenvalue weighted by atomic mass is 35.5. The van der Waals surface area contributed by atoms with E-state index in [0.29, 0.717) is 15.9 Å². The second kappa shape index (κ2) is 9.58. The lowest BCUT2D eigenvalue weighted by Gasteiger charge is -2.14. The number of Topliss-reactive ketones (excluding diaryl/α,β-unsaturated/α-hetero) is 1. The van der Waals surface area contributed by atoms with Crippen LogP contribution < -0.4 is 22.5 Å². The Labute approximate surface area is 191 Å². The number of rotatable bonds is 8. The maximum atomic E-state index is 12.9. The number of nitrogen functional groups attached to an aromatic ring is 1. The Bertz CT molecular complexity index is 1390. The number of anilines is 1. The van der Waals surface area contributed by atoms with Crippen LogP contribution >= 0.6 is 23.4 Å². The zero-order valence-electron chi connectivity index (χ0n) is 17.6. The molecule has 0 aliphatic heterocycles. The highest BCUT2D eigenvalue weighted by Gasteiger charge is 2.21. The fourth-order valence-corrected chi connectivity index (χ4v) is 4.23. The van der Waals surface area contributed by atoms with Crippen molar-refractivity contribution in [3.8, 4) is 0 Å². The van der Waals surface area contributed by atoms with E-state index in [1.165, 1.54) is 9.13 Å². The summed E-state index contributed by atoms with van der Waals surface area (Å²) in [6.07, 6.45) is 1.54. The first-order valence-electron chi connectivity index (χ1n) is 9.73. The quantitative estimate of drug-likeness (QED) is 0.221. The number of thioether (sulfide) groups is 1. The van der Waals surface area contributed by atoms with Gasteiger partial charge >= 0.3 is 5.69 Å². The van der Waals surface area contributed by atoms with E-state index >= 15 is 0 Å². The summed E-state index contributed by atoms with van der Waals surface area (Å²) in [7, 11) is 0.